The Balaban J connectivity index is 1.93. The minimum absolute atomic E-state index is 0.0485. The molecule has 2 heterocycles. The molecule has 1 spiro atoms. The van der Waals surface area contributed by atoms with Crippen molar-refractivity contribution in [3.05, 3.63) is 22.4 Å². The van der Waals surface area contributed by atoms with E-state index in [0.717, 1.165) is 19.4 Å². The zero-order valence-corrected chi connectivity index (χ0v) is 14.1. The maximum Gasteiger partial charge on any atom is 0.244 e. The first-order chi connectivity index (χ1) is 9.94. The lowest BCUT2D eigenvalue weighted by Gasteiger charge is -2.36. The predicted molar refractivity (Wildman–Crippen MR) is 86.2 cm³/mol. The molecule has 116 valence electrons. The summed E-state index contributed by atoms with van der Waals surface area (Å²) in [7, 11) is 4.16. The fraction of sp³-hybridized carbons (Fsp3) is 0.688. The third kappa shape index (κ3) is 2.62. The molecule has 1 saturated heterocycles. The summed E-state index contributed by atoms with van der Waals surface area (Å²) >= 11 is 1.73. The fourth-order valence-corrected chi connectivity index (χ4v) is 4.00. The predicted octanol–water partition coefficient (Wildman–Crippen LogP) is 2.30. The summed E-state index contributed by atoms with van der Waals surface area (Å²) in [6.07, 6.45) is 2.01. The Kier molecular flexibility index (Phi) is 3.84. The van der Waals surface area contributed by atoms with Crippen LogP contribution in [0.15, 0.2) is 17.5 Å². The Morgan fingerprint density at radius 2 is 2.19 bits per heavy atom. The molecule has 0 radical (unpaired) electrons. The summed E-state index contributed by atoms with van der Waals surface area (Å²) in [5, 5.41) is 5.71. The SMILES string of the molecule is CC(C)C(CN(C)C)N1C(=O)C2(CC2)NC1c1cccs1. The van der Waals surface area contributed by atoms with Crippen LogP contribution >= 0.6 is 11.3 Å². The summed E-state index contributed by atoms with van der Waals surface area (Å²) < 4.78 is 0. The normalized spacial score (nSPS) is 25.3. The third-order valence-electron chi connectivity index (χ3n) is 4.58. The van der Waals surface area contributed by atoms with Crippen LogP contribution in [-0.2, 0) is 4.79 Å². The number of nitrogens with one attached hydrogen (secondary N) is 1. The lowest BCUT2D eigenvalue weighted by molar-refractivity contribution is -0.134. The number of nitrogens with zero attached hydrogens (tertiary/aromatic N) is 2. The molecule has 3 rings (SSSR count). The zero-order chi connectivity index (χ0) is 15.2. The summed E-state index contributed by atoms with van der Waals surface area (Å²) in [4.78, 5) is 18.5. The van der Waals surface area contributed by atoms with Crippen LogP contribution in [0.3, 0.4) is 0 Å². The van der Waals surface area contributed by atoms with Gasteiger partial charge in [-0.2, -0.15) is 0 Å². The standard InChI is InChI=1S/C16H25N3OS/c1-11(2)12(10-18(3)4)19-14(13-6-5-9-21-13)17-16(7-8-16)15(19)20/h5-6,9,11-12,14,17H,7-8,10H2,1-4H3. The van der Waals surface area contributed by atoms with Crippen molar-refractivity contribution in [1.82, 2.24) is 15.1 Å². The van der Waals surface area contributed by atoms with Crippen LogP contribution < -0.4 is 5.32 Å². The van der Waals surface area contributed by atoms with E-state index in [4.69, 9.17) is 0 Å². The second kappa shape index (κ2) is 5.38. The highest BCUT2D eigenvalue weighted by molar-refractivity contribution is 7.10. The fourth-order valence-electron chi connectivity index (χ4n) is 3.23. The molecular formula is C16H25N3OS. The van der Waals surface area contributed by atoms with E-state index in [1.807, 2.05) is 0 Å². The highest BCUT2D eigenvalue weighted by atomic mass is 32.1. The van der Waals surface area contributed by atoms with Crippen LogP contribution in [0.25, 0.3) is 0 Å². The summed E-state index contributed by atoms with van der Waals surface area (Å²) in [6.45, 7) is 5.33. The molecule has 1 amide bonds. The monoisotopic (exact) mass is 307 g/mol. The zero-order valence-electron chi connectivity index (χ0n) is 13.3. The summed E-state index contributed by atoms with van der Waals surface area (Å²) in [6, 6.07) is 4.45. The van der Waals surface area contributed by atoms with Gasteiger partial charge in [-0.1, -0.05) is 19.9 Å². The first kappa shape index (κ1) is 15.0. The highest BCUT2D eigenvalue weighted by Gasteiger charge is 2.60. The molecular weight excluding hydrogens is 282 g/mol. The minimum atomic E-state index is -0.256. The second-order valence-electron chi connectivity index (χ2n) is 6.93. The number of likely N-dealkylation sites (N-methyl/N-ethyl adjacent to an activating group) is 1. The average Bonchev–Trinajstić information content (AvgIpc) is 2.89. The van der Waals surface area contributed by atoms with Crippen molar-refractivity contribution in [2.45, 2.75) is 44.4 Å². The number of carbonyl (C=O) groups is 1. The molecule has 1 aliphatic carbocycles. The van der Waals surface area contributed by atoms with Crippen molar-refractivity contribution in [2.24, 2.45) is 5.92 Å². The number of hydrogen-bond donors (Lipinski definition) is 1. The van der Waals surface area contributed by atoms with Crippen LogP contribution in [0.4, 0.5) is 0 Å². The summed E-state index contributed by atoms with van der Waals surface area (Å²) in [5.74, 6) is 0.746. The average molecular weight is 307 g/mol. The lowest BCUT2D eigenvalue weighted by Crippen LogP contribution is -2.48. The van der Waals surface area contributed by atoms with Gasteiger partial charge in [0.1, 0.15) is 11.7 Å². The number of hydrogen-bond acceptors (Lipinski definition) is 4. The van der Waals surface area contributed by atoms with Crippen molar-refractivity contribution in [2.75, 3.05) is 20.6 Å². The molecule has 1 aliphatic heterocycles. The van der Waals surface area contributed by atoms with Crippen LogP contribution in [0.2, 0.25) is 0 Å². The molecule has 5 heteroatoms. The van der Waals surface area contributed by atoms with Gasteiger partial charge in [0.2, 0.25) is 5.91 Å². The van der Waals surface area contributed by atoms with Crippen LogP contribution in [0.5, 0.6) is 0 Å². The number of thiophene rings is 1. The van der Waals surface area contributed by atoms with Gasteiger partial charge >= 0.3 is 0 Å². The van der Waals surface area contributed by atoms with E-state index < -0.39 is 0 Å². The molecule has 21 heavy (non-hydrogen) atoms. The largest absolute Gasteiger partial charge is 0.316 e. The molecule has 0 bridgehead atoms. The Hall–Kier alpha value is -0.910. The maximum absolute atomic E-state index is 13.0. The number of carbonyl (C=O) groups excluding carboxylic acids is 1. The molecule has 1 N–H and O–H groups in total. The van der Waals surface area contributed by atoms with E-state index >= 15 is 0 Å². The molecule has 1 aromatic rings. The molecule has 4 nitrogen and oxygen atoms in total. The van der Waals surface area contributed by atoms with Gasteiger partial charge in [-0.15, -0.1) is 11.3 Å². The molecule has 0 aromatic carbocycles. The summed E-state index contributed by atoms with van der Waals surface area (Å²) in [5.41, 5.74) is -0.256. The maximum atomic E-state index is 13.0. The Labute approximate surface area is 131 Å². The molecule has 2 aliphatic rings. The van der Waals surface area contributed by atoms with E-state index in [9.17, 15) is 4.79 Å². The van der Waals surface area contributed by atoms with Crippen LogP contribution in [-0.4, -0.2) is 47.9 Å². The molecule has 2 atom stereocenters. The van der Waals surface area contributed by atoms with E-state index in [1.165, 1.54) is 4.88 Å². The minimum Gasteiger partial charge on any atom is -0.316 e. The van der Waals surface area contributed by atoms with Gasteiger partial charge in [0.15, 0.2) is 0 Å². The number of amides is 1. The van der Waals surface area contributed by atoms with Gasteiger partial charge in [0.25, 0.3) is 0 Å². The number of rotatable bonds is 5. The highest BCUT2D eigenvalue weighted by Crippen LogP contribution is 2.47. The molecule has 2 unspecified atom stereocenters. The first-order valence-electron chi connectivity index (χ1n) is 7.73. The van der Waals surface area contributed by atoms with Gasteiger partial charge < -0.3 is 9.80 Å². The van der Waals surface area contributed by atoms with E-state index in [2.05, 4.69) is 60.6 Å². The topological polar surface area (TPSA) is 35.6 Å². The molecule has 1 aromatic heterocycles. The smallest absolute Gasteiger partial charge is 0.244 e. The van der Waals surface area contributed by atoms with Crippen LogP contribution in [0, 0.1) is 5.92 Å². The van der Waals surface area contributed by atoms with E-state index in [0.29, 0.717) is 11.8 Å². The van der Waals surface area contributed by atoms with Crippen molar-refractivity contribution in [1.29, 1.82) is 0 Å². The van der Waals surface area contributed by atoms with Gasteiger partial charge in [0, 0.05) is 17.5 Å². The second-order valence-corrected chi connectivity index (χ2v) is 7.91. The molecule has 1 saturated carbocycles. The third-order valence-corrected chi connectivity index (χ3v) is 5.50. The van der Waals surface area contributed by atoms with Crippen molar-refractivity contribution < 1.29 is 4.79 Å². The Bertz CT molecular complexity index is 508. The van der Waals surface area contributed by atoms with Gasteiger partial charge in [-0.05, 0) is 44.3 Å². The lowest BCUT2D eigenvalue weighted by atomic mass is 10.0. The molecule has 2 fully saturated rings. The van der Waals surface area contributed by atoms with E-state index in [-0.39, 0.29) is 17.7 Å². The van der Waals surface area contributed by atoms with Gasteiger partial charge in [-0.25, -0.2) is 0 Å². The van der Waals surface area contributed by atoms with Crippen LogP contribution in [0.1, 0.15) is 37.7 Å². The van der Waals surface area contributed by atoms with E-state index in [1.54, 1.807) is 11.3 Å². The van der Waals surface area contributed by atoms with Crippen molar-refractivity contribution in [3.63, 3.8) is 0 Å². The van der Waals surface area contributed by atoms with Gasteiger partial charge in [0.05, 0.1) is 0 Å². The quantitative estimate of drug-likeness (QED) is 0.906. The first-order valence-corrected chi connectivity index (χ1v) is 8.61. The Morgan fingerprint density at radius 1 is 1.48 bits per heavy atom. The Morgan fingerprint density at radius 3 is 2.67 bits per heavy atom. The van der Waals surface area contributed by atoms with Crippen molar-refractivity contribution >= 4 is 17.2 Å². The van der Waals surface area contributed by atoms with Gasteiger partial charge in [-0.3, -0.25) is 10.1 Å². The van der Waals surface area contributed by atoms with Crippen molar-refractivity contribution in [3.8, 4) is 0 Å².